The zero-order valence-electron chi connectivity index (χ0n) is 9.05. The summed E-state index contributed by atoms with van der Waals surface area (Å²) in [5.41, 5.74) is 1.29. The second kappa shape index (κ2) is 7.96. The molecular weight excluding hydrogens is 162 g/mol. The van der Waals surface area contributed by atoms with Gasteiger partial charge in [0.05, 0.1) is 6.54 Å². The van der Waals surface area contributed by atoms with Crippen LogP contribution in [0.15, 0.2) is 16.8 Å². The second-order valence-corrected chi connectivity index (χ2v) is 3.98. The molecule has 76 valence electrons. The van der Waals surface area contributed by atoms with E-state index in [1.54, 1.807) is 0 Å². The number of nitrogens with zero attached hydrogens (tertiary/aromatic N) is 1. The van der Waals surface area contributed by atoms with Gasteiger partial charge in [-0.1, -0.05) is 37.1 Å². The highest BCUT2D eigenvalue weighted by Crippen LogP contribution is 2.09. The summed E-state index contributed by atoms with van der Waals surface area (Å²) in [6.07, 6.45) is 6.74. The summed E-state index contributed by atoms with van der Waals surface area (Å²) in [4.78, 5) is 9.85. The Morgan fingerprint density at radius 1 is 1.46 bits per heavy atom. The number of rotatable bonds is 7. The van der Waals surface area contributed by atoms with Crippen LogP contribution in [0.4, 0.5) is 0 Å². The van der Waals surface area contributed by atoms with Crippen molar-refractivity contribution in [2.75, 3.05) is 6.54 Å². The van der Waals surface area contributed by atoms with Gasteiger partial charge in [0.1, 0.15) is 0 Å². The summed E-state index contributed by atoms with van der Waals surface area (Å²) in [7, 11) is 0. The van der Waals surface area contributed by atoms with Gasteiger partial charge >= 0.3 is 0 Å². The molecule has 13 heavy (non-hydrogen) atoms. The van der Waals surface area contributed by atoms with Crippen molar-refractivity contribution in [1.82, 2.24) is 0 Å². The van der Waals surface area contributed by atoms with Gasteiger partial charge in [0.25, 0.3) is 0 Å². The normalized spacial score (nSPS) is 12.2. The maximum atomic E-state index is 9.85. The largest absolute Gasteiger partial charge is 0.151 e. The highest BCUT2D eigenvalue weighted by atomic mass is 16.3. The summed E-state index contributed by atoms with van der Waals surface area (Å²) < 4.78 is 0. The fraction of sp³-hybridized carbons (Fsp3) is 0.818. The molecule has 0 amide bonds. The number of nitroso groups, excluding NO2 is 1. The van der Waals surface area contributed by atoms with Gasteiger partial charge in [-0.15, -0.1) is 0 Å². The van der Waals surface area contributed by atoms with Gasteiger partial charge in [0, 0.05) is 0 Å². The van der Waals surface area contributed by atoms with Crippen molar-refractivity contribution >= 4 is 0 Å². The van der Waals surface area contributed by atoms with Crippen LogP contribution in [0.25, 0.3) is 0 Å². The van der Waals surface area contributed by atoms with E-state index in [0.717, 1.165) is 18.8 Å². The summed E-state index contributed by atoms with van der Waals surface area (Å²) in [5, 5.41) is 2.84. The summed E-state index contributed by atoms with van der Waals surface area (Å²) in [6, 6.07) is 0. The lowest BCUT2D eigenvalue weighted by molar-refractivity contribution is 0.559. The van der Waals surface area contributed by atoms with E-state index in [4.69, 9.17) is 0 Å². The first-order valence-electron chi connectivity index (χ1n) is 5.11. The van der Waals surface area contributed by atoms with Crippen molar-refractivity contribution in [3.8, 4) is 0 Å². The van der Waals surface area contributed by atoms with Crippen molar-refractivity contribution in [3.05, 3.63) is 16.6 Å². The molecule has 0 saturated heterocycles. The van der Waals surface area contributed by atoms with Crippen LogP contribution in [0.2, 0.25) is 0 Å². The molecule has 0 saturated carbocycles. The Balaban J connectivity index is 3.41. The van der Waals surface area contributed by atoms with Crippen LogP contribution < -0.4 is 0 Å². The lowest BCUT2D eigenvalue weighted by Crippen LogP contribution is -1.86. The van der Waals surface area contributed by atoms with Gasteiger partial charge in [-0.25, -0.2) is 0 Å². The van der Waals surface area contributed by atoms with Crippen molar-refractivity contribution < 1.29 is 0 Å². The first-order valence-corrected chi connectivity index (χ1v) is 5.11. The van der Waals surface area contributed by atoms with Crippen LogP contribution in [-0.4, -0.2) is 6.54 Å². The van der Waals surface area contributed by atoms with Crippen LogP contribution in [0.3, 0.4) is 0 Å². The smallest absolute Gasteiger partial charge is 0.0848 e. The highest BCUT2D eigenvalue weighted by molar-refractivity contribution is 4.98. The van der Waals surface area contributed by atoms with Crippen molar-refractivity contribution in [1.29, 1.82) is 0 Å². The monoisotopic (exact) mass is 183 g/mol. The molecule has 0 atom stereocenters. The summed E-state index contributed by atoms with van der Waals surface area (Å²) in [5.74, 6) is 0.797. The van der Waals surface area contributed by atoms with Crippen LogP contribution in [-0.2, 0) is 0 Å². The Morgan fingerprint density at radius 3 is 2.69 bits per heavy atom. The van der Waals surface area contributed by atoms with E-state index in [9.17, 15) is 4.91 Å². The number of hydrogen-bond donors (Lipinski definition) is 0. The van der Waals surface area contributed by atoms with E-state index in [1.807, 2.05) is 0 Å². The molecule has 0 aliphatic rings. The lowest BCUT2D eigenvalue weighted by Gasteiger charge is -2.02. The minimum atomic E-state index is 0.423. The molecule has 0 unspecified atom stereocenters. The van der Waals surface area contributed by atoms with E-state index in [-0.39, 0.29) is 0 Å². The molecule has 0 rings (SSSR count). The third kappa shape index (κ3) is 9.25. The molecule has 0 heterocycles. The fourth-order valence-corrected chi connectivity index (χ4v) is 1.20. The van der Waals surface area contributed by atoms with Gasteiger partial charge in [-0.3, -0.25) is 0 Å². The van der Waals surface area contributed by atoms with E-state index < -0.39 is 0 Å². The summed E-state index contributed by atoms with van der Waals surface area (Å²) >= 11 is 0. The first kappa shape index (κ1) is 12.3. The minimum Gasteiger partial charge on any atom is -0.151 e. The number of hydrogen-bond acceptors (Lipinski definition) is 2. The zero-order chi connectivity index (χ0) is 10.1. The summed E-state index contributed by atoms with van der Waals surface area (Å²) in [6.45, 7) is 6.98. The lowest BCUT2D eigenvalue weighted by atomic mass is 10.1. The molecule has 0 radical (unpaired) electrons. The predicted molar refractivity (Wildman–Crippen MR) is 57.7 cm³/mol. The third-order valence-corrected chi connectivity index (χ3v) is 2.08. The highest BCUT2D eigenvalue weighted by Gasteiger charge is 1.93. The third-order valence-electron chi connectivity index (χ3n) is 2.08. The predicted octanol–water partition coefficient (Wildman–Crippen LogP) is 3.92. The zero-order valence-corrected chi connectivity index (χ0v) is 9.05. The van der Waals surface area contributed by atoms with Crippen molar-refractivity contribution in [3.63, 3.8) is 0 Å². The Bertz CT molecular complexity index is 161. The molecule has 0 aliphatic carbocycles. The van der Waals surface area contributed by atoms with E-state index >= 15 is 0 Å². The van der Waals surface area contributed by atoms with Gasteiger partial charge < -0.3 is 0 Å². The van der Waals surface area contributed by atoms with E-state index in [2.05, 4.69) is 32.0 Å². The maximum Gasteiger partial charge on any atom is 0.0848 e. The SMILES string of the molecule is C/C(=C/CCCC(C)C)CCN=O. The van der Waals surface area contributed by atoms with Crippen LogP contribution in [0.1, 0.15) is 46.5 Å². The Hall–Kier alpha value is -0.660. The molecule has 0 aromatic carbocycles. The molecule has 0 spiro atoms. The van der Waals surface area contributed by atoms with Crippen LogP contribution in [0.5, 0.6) is 0 Å². The average molecular weight is 183 g/mol. The maximum absolute atomic E-state index is 9.85. The van der Waals surface area contributed by atoms with E-state index in [1.165, 1.54) is 18.4 Å². The van der Waals surface area contributed by atoms with Crippen molar-refractivity contribution in [2.24, 2.45) is 11.1 Å². The Labute approximate surface area is 81.4 Å². The van der Waals surface area contributed by atoms with Gasteiger partial charge in [0.15, 0.2) is 0 Å². The number of allylic oxidation sites excluding steroid dienone is 1. The van der Waals surface area contributed by atoms with Gasteiger partial charge in [-0.05, 0) is 32.1 Å². The quantitative estimate of drug-likeness (QED) is 0.334. The Morgan fingerprint density at radius 2 is 2.15 bits per heavy atom. The van der Waals surface area contributed by atoms with Gasteiger partial charge in [-0.2, -0.15) is 4.91 Å². The molecule has 0 bridgehead atoms. The van der Waals surface area contributed by atoms with Crippen molar-refractivity contribution in [2.45, 2.75) is 46.5 Å². The average Bonchev–Trinajstić information content (AvgIpc) is 2.08. The molecule has 0 aliphatic heterocycles. The molecule has 0 N–H and O–H groups in total. The minimum absolute atomic E-state index is 0.423. The molecule has 2 heteroatoms. The molecule has 0 fully saturated rings. The standard InChI is InChI=1S/C11H21NO/c1-10(2)6-4-5-7-11(3)8-9-12-13/h7,10H,4-6,8-9H2,1-3H3/b11-7-. The molecule has 2 nitrogen and oxygen atoms in total. The number of unbranched alkanes of at least 4 members (excludes halogenated alkanes) is 1. The topological polar surface area (TPSA) is 29.4 Å². The molecule has 0 aromatic rings. The van der Waals surface area contributed by atoms with Crippen LogP contribution >= 0.6 is 0 Å². The molecular formula is C11H21NO. The first-order chi connectivity index (χ1) is 6.16. The second-order valence-electron chi connectivity index (χ2n) is 3.98. The van der Waals surface area contributed by atoms with E-state index in [0.29, 0.717) is 6.54 Å². The van der Waals surface area contributed by atoms with Gasteiger partial charge in [0.2, 0.25) is 0 Å². The Kier molecular flexibility index (Phi) is 7.56. The fourth-order valence-electron chi connectivity index (χ4n) is 1.20. The molecule has 0 aromatic heterocycles. The van der Waals surface area contributed by atoms with Crippen LogP contribution in [0, 0.1) is 10.8 Å².